The molecule has 0 bridgehead atoms. The predicted molar refractivity (Wildman–Crippen MR) is 69.8 cm³/mol. The van der Waals surface area contributed by atoms with Crippen molar-refractivity contribution in [1.82, 2.24) is 15.3 Å². The summed E-state index contributed by atoms with van der Waals surface area (Å²) in [6.45, 7) is 1.51. The number of aromatic nitrogens is 2. The van der Waals surface area contributed by atoms with E-state index in [9.17, 15) is 0 Å². The third kappa shape index (κ3) is 3.31. The molecular weight excluding hydrogens is 282 g/mol. The zero-order valence-corrected chi connectivity index (χ0v) is 11.1. The Morgan fingerprint density at radius 1 is 1.41 bits per heavy atom. The van der Waals surface area contributed by atoms with Crippen LogP contribution in [0, 0.1) is 0 Å². The van der Waals surface area contributed by atoms with Gasteiger partial charge in [0.1, 0.15) is 5.75 Å². The lowest BCUT2D eigenvalue weighted by molar-refractivity contribution is 0.407. The topological polar surface area (TPSA) is 49.9 Å². The van der Waals surface area contributed by atoms with Crippen molar-refractivity contribution in [2.45, 2.75) is 13.1 Å². The molecule has 17 heavy (non-hydrogen) atoms. The number of methoxy groups -OCH3 is 1. The summed E-state index contributed by atoms with van der Waals surface area (Å²) >= 11 is 3.46. The minimum absolute atomic E-state index is 0.752. The van der Waals surface area contributed by atoms with Crippen LogP contribution in [0.2, 0.25) is 0 Å². The Morgan fingerprint density at radius 3 is 3.00 bits per heavy atom. The first kappa shape index (κ1) is 12.1. The molecule has 0 saturated carbocycles. The Balaban J connectivity index is 1.96. The highest BCUT2D eigenvalue weighted by atomic mass is 79.9. The van der Waals surface area contributed by atoms with Gasteiger partial charge in [-0.1, -0.05) is 15.9 Å². The fourth-order valence-electron chi connectivity index (χ4n) is 1.60. The summed E-state index contributed by atoms with van der Waals surface area (Å²) in [5.74, 6) is 0.894. The summed E-state index contributed by atoms with van der Waals surface area (Å²) in [5, 5.41) is 3.33. The molecule has 1 aromatic carbocycles. The molecule has 2 aromatic rings. The Bertz CT molecular complexity index is 471. The number of benzene rings is 1. The van der Waals surface area contributed by atoms with Crippen molar-refractivity contribution in [3.63, 3.8) is 0 Å². The first-order valence-electron chi connectivity index (χ1n) is 5.30. The van der Waals surface area contributed by atoms with E-state index in [1.54, 1.807) is 13.4 Å². The maximum Gasteiger partial charge on any atom is 0.123 e. The van der Waals surface area contributed by atoms with Crippen LogP contribution in [-0.2, 0) is 13.1 Å². The maximum atomic E-state index is 5.31. The number of ether oxygens (including phenoxy) is 1. The molecule has 1 aromatic heterocycles. The molecule has 2 N–H and O–H groups in total. The number of nitrogens with one attached hydrogen (secondary N) is 2. The number of rotatable bonds is 5. The Kier molecular flexibility index (Phi) is 4.17. The van der Waals surface area contributed by atoms with Gasteiger partial charge in [0, 0.05) is 35.0 Å². The average molecular weight is 296 g/mol. The zero-order valence-electron chi connectivity index (χ0n) is 9.53. The van der Waals surface area contributed by atoms with Gasteiger partial charge in [0.05, 0.1) is 13.4 Å². The van der Waals surface area contributed by atoms with E-state index in [4.69, 9.17) is 4.74 Å². The molecule has 0 aliphatic rings. The highest BCUT2D eigenvalue weighted by Crippen LogP contribution is 2.22. The monoisotopic (exact) mass is 295 g/mol. The van der Waals surface area contributed by atoms with Crippen LogP contribution in [0.3, 0.4) is 0 Å². The number of halogens is 1. The SMILES string of the molecule is COc1ccc(Br)cc1CNCc1cnc[nH]1. The van der Waals surface area contributed by atoms with Gasteiger partial charge in [-0.05, 0) is 18.2 Å². The molecule has 0 fully saturated rings. The summed E-state index contributed by atoms with van der Waals surface area (Å²) in [6, 6.07) is 5.98. The highest BCUT2D eigenvalue weighted by Gasteiger charge is 2.03. The van der Waals surface area contributed by atoms with Gasteiger partial charge in [0.2, 0.25) is 0 Å². The van der Waals surface area contributed by atoms with Crippen LogP contribution >= 0.6 is 15.9 Å². The normalized spacial score (nSPS) is 10.5. The molecule has 0 amide bonds. The van der Waals surface area contributed by atoms with Gasteiger partial charge in [0.25, 0.3) is 0 Å². The molecule has 2 rings (SSSR count). The molecular formula is C12H14BrN3O. The van der Waals surface area contributed by atoms with E-state index < -0.39 is 0 Å². The number of H-pyrrole nitrogens is 1. The van der Waals surface area contributed by atoms with Gasteiger partial charge in [-0.25, -0.2) is 4.98 Å². The van der Waals surface area contributed by atoms with Crippen molar-refractivity contribution in [2.75, 3.05) is 7.11 Å². The fourth-order valence-corrected chi connectivity index (χ4v) is 2.01. The second-order valence-electron chi connectivity index (χ2n) is 3.64. The maximum absolute atomic E-state index is 5.31. The van der Waals surface area contributed by atoms with Crippen molar-refractivity contribution in [3.05, 3.63) is 46.5 Å². The van der Waals surface area contributed by atoms with Gasteiger partial charge >= 0.3 is 0 Å². The number of imidazole rings is 1. The number of hydrogen-bond acceptors (Lipinski definition) is 3. The second-order valence-corrected chi connectivity index (χ2v) is 4.55. The van der Waals surface area contributed by atoms with E-state index in [1.165, 1.54) is 0 Å². The van der Waals surface area contributed by atoms with Crippen molar-refractivity contribution >= 4 is 15.9 Å². The fraction of sp³-hybridized carbons (Fsp3) is 0.250. The van der Waals surface area contributed by atoms with E-state index in [-0.39, 0.29) is 0 Å². The minimum atomic E-state index is 0.752. The third-order valence-corrected chi connectivity index (χ3v) is 2.92. The minimum Gasteiger partial charge on any atom is -0.496 e. The summed E-state index contributed by atoms with van der Waals surface area (Å²) in [4.78, 5) is 7.02. The van der Waals surface area contributed by atoms with E-state index in [0.29, 0.717) is 0 Å². The van der Waals surface area contributed by atoms with E-state index in [1.807, 2.05) is 18.3 Å². The number of hydrogen-bond donors (Lipinski definition) is 2. The summed E-state index contributed by atoms with van der Waals surface area (Å²) in [5.41, 5.74) is 2.19. The lowest BCUT2D eigenvalue weighted by atomic mass is 10.2. The van der Waals surface area contributed by atoms with Crippen LogP contribution in [0.15, 0.2) is 35.2 Å². The quantitative estimate of drug-likeness (QED) is 0.891. The standard InChI is InChI=1S/C12H14BrN3O/c1-17-12-3-2-10(13)4-9(12)5-14-6-11-7-15-8-16-11/h2-4,7-8,14H,5-6H2,1H3,(H,15,16). The van der Waals surface area contributed by atoms with Gasteiger partial charge in [0.15, 0.2) is 0 Å². The van der Waals surface area contributed by atoms with E-state index >= 15 is 0 Å². The average Bonchev–Trinajstić information content (AvgIpc) is 2.82. The largest absolute Gasteiger partial charge is 0.496 e. The van der Waals surface area contributed by atoms with Crippen molar-refractivity contribution in [2.24, 2.45) is 0 Å². The molecule has 0 saturated heterocycles. The first-order chi connectivity index (χ1) is 8.29. The Labute approximate surface area is 109 Å². The predicted octanol–water partition coefficient (Wildman–Crippen LogP) is 2.47. The van der Waals surface area contributed by atoms with E-state index in [0.717, 1.165) is 34.6 Å². The van der Waals surface area contributed by atoms with Gasteiger partial charge in [-0.15, -0.1) is 0 Å². The molecule has 0 radical (unpaired) electrons. The summed E-state index contributed by atoms with van der Waals surface area (Å²) < 4.78 is 6.36. The Morgan fingerprint density at radius 2 is 2.29 bits per heavy atom. The lowest BCUT2D eigenvalue weighted by Crippen LogP contribution is -2.13. The molecule has 90 valence electrons. The number of aromatic amines is 1. The van der Waals surface area contributed by atoms with Crippen LogP contribution in [-0.4, -0.2) is 17.1 Å². The van der Waals surface area contributed by atoms with Gasteiger partial charge < -0.3 is 15.0 Å². The summed E-state index contributed by atoms with van der Waals surface area (Å²) in [7, 11) is 1.68. The molecule has 1 heterocycles. The molecule has 0 spiro atoms. The molecule has 0 atom stereocenters. The van der Waals surface area contributed by atoms with Gasteiger partial charge in [-0.3, -0.25) is 0 Å². The first-order valence-corrected chi connectivity index (χ1v) is 6.09. The molecule has 5 heteroatoms. The number of nitrogens with zero attached hydrogens (tertiary/aromatic N) is 1. The van der Waals surface area contributed by atoms with Gasteiger partial charge in [-0.2, -0.15) is 0 Å². The van der Waals surface area contributed by atoms with Crippen LogP contribution in [0.1, 0.15) is 11.3 Å². The summed E-state index contributed by atoms with van der Waals surface area (Å²) in [6.07, 6.45) is 3.49. The van der Waals surface area contributed by atoms with E-state index in [2.05, 4.69) is 37.3 Å². The molecule has 0 aliphatic carbocycles. The third-order valence-electron chi connectivity index (χ3n) is 2.43. The molecule has 0 unspecified atom stereocenters. The van der Waals surface area contributed by atoms with Crippen molar-refractivity contribution in [1.29, 1.82) is 0 Å². The molecule has 4 nitrogen and oxygen atoms in total. The van der Waals surface area contributed by atoms with Crippen LogP contribution in [0.25, 0.3) is 0 Å². The zero-order chi connectivity index (χ0) is 12.1. The second kappa shape index (κ2) is 5.84. The van der Waals surface area contributed by atoms with Crippen LogP contribution in [0.5, 0.6) is 5.75 Å². The lowest BCUT2D eigenvalue weighted by Gasteiger charge is -2.09. The highest BCUT2D eigenvalue weighted by molar-refractivity contribution is 9.10. The smallest absolute Gasteiger partial charge is 0.123 e. The molecule has 0 aliphatic heterocycles. The van der Waals surface area contributed by atoms with Crippen molar-refractivity contribution in [3.8, 4) is 5.75 Å². The van der Waals surface area contributed by atoms with Crippen LogP contribution < -0.4 is 10.1 Å². The Hall–Kier alpha value is -1.33. The van der Waals surface area contributed by atoms with Crippen molar-refractivity contribution < 1.29 is 4.74 Å². The van der Waals surface area contributed by atoms with Crippen LogP contribution in [0.4, 0.5) is 0 Å².